The van der Waals surface area contributed by atoms with Crippen LogP contribution < -0.4 is 5.32 Å². The molecule has 3 heterocycles. The maximum atomic E-state index is 12.9. The van der Waals surface area contributed by atoms with Gasteiger partial charge in [-0.3, -0.25) is 14.2 Å². The molecule has 1 atom stereocenters. The fraction of sp³-hybridized carbons (Fsp3) is 0.588. The van der Waals surface area contributed by atoms with E-state index in [2.05, 4.69) is 15.5 Å². The largest absolute Gasteiger partial charge is 0.352 e. The summed E-state index contributed by atoms with van der Waals surface area (Å²) in [5, 5.41) is 11.1. The number of piperidine rings is 1. The van der Waals surface area contributed by atoms with E-state index in [0.29, 0.717) is 31.6 Å². The topological polar surface area (TPSA) is 102 Å². The van der Waals surface area contributed by atoms with Crippen molar-refractivity contribution in [3.05, 3.63) is 29.3 Å². The average Bonchev–Trinajstić information content (AvgIpc) is 3.16. The molecule has 10 heteroatoms. The van der Waals surface area contributed by atoms with E-state index in [9.17, 15) is 13.2 Å². The summed E-state index contributed by atoms with van der Waals surface area (Å²) in [6.45, 7) is 4.67. The van der Waals surface area contributed by atoms with Gasteiger partial charge < -0.3 is 5.32 Å². The Kier molecular flexibility index (Phi) is 5.38. The number of hydrogen-bond acceptors (Lipinski definition) is 5. The Morgan fingerprint density at radius 2 is 1.85 bits per heavy atom. The van der Waals surface area contributed by atoms with E-state index in [-0.39, 0.29) is 23.3 Å². The van der Waals surface area contributed by atoms with Crippen molar-refractivity contribution >= 4 is 15.9 Å². The number of aromatic nitrogens is 4. The van der Waals surface area contributed by atoms with Gasteiger partial charge in [-0.1, -0.05) is 0 Å². The number of sulfonamides is 1. The summed E-state index contributed by atoms with van der Waals surface area (Å²) in [7, 11) is -0.0904. The predicted molar refractivity (Wildman–Crippen MR) is 99.2 cm³/mol. The molecule has 0 saturated carbocycles. The van der Waals surface area contributed by atoms with Crippen LogP contribution in [0.3, 0.4) is 0 Å². The van der Waals surface area contributed by atoms with E-state index in [1.165, 1.54) is 15.2 Å². The second-order valence-corrected chi connectivity index (χ2v) is 8.92. The van der Waals surface area contributed by atoms with Crippen LogP contribution in [-0.4, -0.2) is 51.3 Å². The first-order valence-electron chi connectivity index (χ1n) is 8.95. The van der Waals surface area contributed by atoms with Crippen molar-refractivity contribution in [3.8, 4) is 0 Å². The van der Waals surface area contributed by atoms with Crippen LogP contribution in [0.15, 0.2) is 17.3 Å². The summed E-state index contributed by atoms with van der Waals surface area (Å²) in [5.74, 6) is -0.483. The summed E-state index contributed by atoms with van der Waals surface area (Å²) in [4.78, 5) is 12.8. The molecular formula is C17H26N6O3S. The van der Waals surface area contributed by atoms with E-state index in [4.69, 9.17) is 0 Å². The van der Waals surface area contributed by atoms with Gasteiger partial charge in [0, 0.05) is 45.0 Å². The summed E-state index contributed by atoms with van der Waals surface area (Å²) >= 11 is 0. The number of carbonyl (C=O) groups is 1. The summed E-state index contributed by atoms with van der Waals surface area (Å²) in [6, 6.07) is 0. The Bertz CT molecular complexity index is 946. The summed E-state index contributed by atoms with van der Waals surface area (Å²) in [6.07, 6.45) is 4.44. The fourth-order valence-electron chi connectivity index (χ4n) is 3.29. The van der Waals surface area contributed by atoms with Crippen molar-refractivity contribution in [1.29, 1.82) is 0 Å². The average molecular weight is 395 g/mol. The lowest BCUT2D eigenvalue weighted by molar-refractivity contribution is -0.126. The molecular weight excluding hydrogens is 368 g/mol. The minimum atomic E-state index is -3.65. The van der Waals surface area contributed by atoms with Crippen molar-refractivity contribution < 1.29 is 13.2 Å². The zero-order valence-corrected chi connectivity index (χ0v) is 17.0. The van der Waals surface area contributed by atoms with Crippen LogP contribution in [-0.2, 0) is 35.5 Å². The Morgan fingerprint density at radius 1 is 1.19 bits per heavy atom. The highest BCUT2D eigenvalue weighted by Crippen LogP contribution is 2.25. The van der Waals surface area contributed by atoms with Crippen molar-refractivity contribution in [3.63, 3.8) is 0 Å². The molecule has 1 fully saturated rings. The lowest BCUT2D eigenvalue weighted by Gasteiger charge is -2.31. The molecule has 0 aliphatic carbocycles. The van der Waals surface area contributed by atoms with E-state index in [0.717, 1.165) is 11.3 Å². The number of nitrogens with one attached hydrogen (secondary N) is 1. The van der Waals surface area contributed by atoms with Crippen molar-refractivity contribution in [2.24, 2.45) is 20.0 Å². The van der Waals surface area contributed by atoms with Crippen molar-refractivity contribution in [2.75, 3.05) is 13.1 Å². The quantitative estimate of drug-likeness (QED) is 0.795. The van der Waals surface area contributed by atoms with Gasteiger partial charge in [-0.05, 0) is 26.7 Å². The molecule has 2 aromatic heterocycles. The van der Waals surface area contributed by atoms with Gasteiger partial charge in [-0.15, -0.1) is 0 Å². The normalized spacial score (nSPS) is 18.6. The highest BCUT2D eigenvalue weighted by Gasteiger charge is 2.34. The molecule has 9 nitrogen and oxygen atoms in total. The Hall–Kier alpha value is -2.20. The standard InChI is InChI=1S/C17H26N6O3S/c1-12-15(9-19-21(12)3)8-18-17(24)14-6-5-7-23(11-14)27(25,26)16-10-20-22(4)13(16)2/h9-10,14H,5-8,11H2,1-4H3,(H,18,24). The maximum Gasteiger partial charge on any atom is 0.246 e. The van der Waals surface area contributed by atoms with Gasteiger partial charge in [0.05, 0.1) is 24.0 Å². The smallest absolute Gasteiger partial charge is 0.246 e. The molecule has 148 valence electrons. The maximum absolute atomic E-state index is 12.9. The molecule has 0 radical (unpaired) electrons. The molecule has 1 unspecified atom stereocenters. The monoisotopic (exact) mass is 394 g/mol. The van der Waals surface area contributed by atoms with Crippen LogP contribution >= 0.6 is 0 Å². The second kappa shape index (κ2) is 7.43. The van der Waals surface area contributed by atoms with Crippen LogP contribution in [0.1, 0.15) is 29.8 Å². The molecule has 1 aliphatic rings. The third-order valence-electron chi connectivity index (χ3n) is 5.35. The van der Waals surface area contributed by atoms with Gasteiger partial charge >= 0.3 is 0 Å². The van der Waals surface area contributed by atoms with Crippen molar-refractivity contribution in [2.45, 2.75) is 38.1 Å². The van der Waals surface area contributed by atoms with Crippen LogP contribution in [0.2, 0.25) is 0 Å². The number of hydrogen-bond donors (Lipinski definition) is 1. The number of rotatable bonds is 5. The van der Waals surface area contributed by atoms with Crippen LogP contribution in [0.4, 0.5) is 0 Å². The zero-order chi connectivity index (χ0) is 19.8. The van der Waals surface area contributed by atoms with E-state index in [1.807, 2.05) is 14.0 Å². The Balaban J connectivity index is 1.67. The molecule has 1 saturated heterocycles. The molecule has 27 heavy (non-hydrogen) atoms. The first-order valence-corrected chi connectivity index (χ1v) is 10.4. The minimum absolute atomic E-state index is 0.124. The Morgan fingerprint density at radius 3 is 2.44 bits per heavy atom. The second-order valence-electron chi connectivity index (χ2n) is 7.02. The van der Waals surface area contributed by atoms with Gasteiger partial charge in [0.1, 0.15) is 4.90 Å². The van der Waals surface area contributed by atoms with E-state index >= 15 is 0 Å². The number of aryl methyl sites for hydroxylation is 2. The third-order valence-corrected chi connectivity index (χ3v) is 7.32. The van der Waals surface area contributed by atoms with Crippen LogP contribution in [0, 0.1) is 19.8 Å². The first kappa shape index (κ1) is 19.6. The summed E-state index contributed by atoms with van der Waals surface area (Å²) in [5.41, 5.74) is 2.54. The number of nitrogens with zero attached hydrogens (tertiary/aromatic N) is 5. The lowest BCUT2D eigenvalue weighted by Crippen LogP contribution is -2.45. The van der Waals surface area contributed by atoms with Gasteiger partial charge in [-0.2, -0.15) is 14.5 Å². The zero-order valence-electron chi connectivity index (χ0n) is 16.1. The van der Waals surface area contributed by atoms with E-state index in [1.54, 1.807) is 24.9 Å². The fourth-order valence-corrected chi connectivity index (χ4v) is 5.00. The van der Waals surface area contributed by atoms with Gasteiger partial charge in [0.2, 0.25) is 15.9 Å². The van der Waals surface area contributed by atoms with Crippen LogP contribution in [0.5, 0.6) is 0 Å². The molecule has 2 aromatic rings. The first-order chi connectivity index (χ1) is 12.7. The SMILES string of the molecule is Cc1c(CNC(=O)C2CCCN(S(=O)(=O)c3cnn(C)c3C)C2)cnn1C. The van der Waals surface area contributed by atoms with Crippen LogP contribution in [0.25, 0.3) is 0 Å². The summed E-state index contributed by atoms with van der Waals surface area (Å²) < 4.78 is 30.6. The van der Waals surface area contributed by atoms with Gasteiger partial charge in [-0.25, -0.2) is 8.42 Å². The Labute approximate surface area is 159 Å². The number of carbonyl (C=O) groups excluding carboxylic acids is 1. The highest BCUT2D eigenvalue weighted by molar-refractivity contribution is 7.89. The van der Waals surface area contributed by atoms with E-state index < -0.39 is 10.0 Å². The minimum Gasteiger partial charge on any atom is -0.352 e. The van der Waals surface area contributed by atoms with Gasteiger partial charge in [0.15, 0.2) is 0 Å². The molecule has 0 spiro atoms. The van der Waals surface area contributed by atoms with Crippen molar-refractivity contribution in [1.82, 2.24) is 29.2 Å². The lowest BCUT2D eigenvalue weighted by atomic mass is 9.99. The molecule has 0 aromatic carbocycles. The number of amides is 1. The molecule has 1 N–H and O–H groups in total. The molecule has 1 aliphatic heterocycles. The predicted octanol–water partition coefficient (Wildman–Crippen LogP) is 0.488. The molecule has 3 rings (SSSR count). The third kappa shape index (κ3) is 3.77. The highest BCUT2D eigenvalue weighted by atomic mass is 32.2. The molecule has 1 amide bonds. The molecule has 0 bridgehead atoms. The van der Waals surface area contributed by atoms with Gasteiger partial charge in [0.25, 0.3) is 0 Å².